The summed E-state index contributed by atoms with van der Waals surface area (Å²) in [5.41, 5.74) is -0.283. The van der Waals surface area contributed by atoms with E-state index in [4.69, 9.17) is 4.74 Å². The van der Waals surface area contributed by atoms with Gasteiger partial charge in [-0.2, -0.15) is 0 Å². The highest BCUT2D eigenvalue weighted by Gasteiger charge is 2.30. The lowest BCUT2D eigenvalue weighted by Crippen LogP contribution is -2.40. The number of pyridine rings is 1. The highest BCUT2D eigenvalue weighted by Crippen LogP contribution is 2.27. The molecule has 5 nitrogen and oxygen atoms in total. The number of rotatable bonds is 3. The van der Waals surface area contributed by atoms with Crippen LogP contribution >= 0.6 is 0 Å². The lowest BCUT2D eigenvalue weighted by Gasteiger charge is -2.34. The van der Waals surface area contributed by atoms with Crippen molar-refractivity contribution >= 4 is 5.69 Å². The second-order valence-electron chi connectivity index (χ2n) is 5.73. The molecule has 1 saturated heterocycles. The minimum Gasteiger partial charge on any atom is -0.388 e. The van der Waals surface area contributed by atoms with Crippen LogP contribution in [0.2, 0.25) is 0 Å². The Morgan fingerprint density at radius 2 is 2.32 bits per heavy atom. The molecule has 5 heteroatoms. The first-order chi connectivity index (χ1) is 8.89. The Morgan fingerprint density at radius 3 is 2.89 bits per heavy atom. The molecule has 0 aliphatic carbocycles. The van der Waals surface area contributed by atoms with Crippen LogP contribution in [-0.2, 0) is 4.74 Å². The first kappa shape index (κ1) is 14.1. The highest BCUT2D eigenvalue weighted by atomic mass is 16.5. The molecule has 0 bridgehead atoms. The van der Waals surface area contributed by atoms with Gasteiger partial charge in [-0.3, -0.25) is 9.36 Å². The lowest BCUT2D eigenvalue weighted by atomic mass is 9.98. The average Bonchev–Trinajstić information content (AvgIpc) is 2.32. The summed E-state index contributed by atoms with van der Waals surface area (Å²) in [5.74, 6) is 0. The molecule has 0 spiro atoms. The largest absolute Gasteiger partial charge is 0.388 e. The van der Waals surface area contributed by atoms with Crippen LogP contribution in [0.5, 0.6) is 0 Å². The number of nitrogens with zero attached hydrogens (tertiary/aromatic N) is 1. The molecule has 0 radical (unpaired) electrons. The van der Waals surface area contributed by atoms with Crippen molar-refractivity contribution in [1.82, 2.24) is 4.57 Å². The van der Waals surface area contributed by atoms with Crippen molar-refractivity contribution in [3.05, 3.63) is 28.7 Å². The van der Waals surface area contributed by atoms with Crippen LogP contribution in [0.15, 0.2) is 23.1 Å². The van der Waals surface area contributed by atoms with E-state index >= 15 is 0 Å². The fraction of sp³-hybridized carbons (Fsp3) is 0.643. The molecule has 2 rings (SSSR count). The van der Waals surface area contributed by atoms with Crippen LogP contribution in [0.4, 0.5) is 5.69 Å². The molecular formula is C14H22N2O3. The maximum absolute atomic E-state index is 12.3. The number of ether oxygens (including phenoxy) is 1. The monoisotopic (exact) mass is 266 g/mol. The Kier molecular flexibility index (Phi) is 3.96. The average molecular weight is 266 g/mol. The van der Waals surface area contributed by atoms with Gasteiger partial charge in [0.05, 0.1) is 12.2 Å². The van der Waals surface area contributed by atoms with Gasteiger partial charge in [0, 0.05) is 12.2 Å². The molecule has 19 heavy (non-hydrogen) atoms. The van der Waals surface area contributed by atoms with Gasteiger partial charge in [0.25, 0.3) is 5.56 Å². The highest BCUT2D eigenvalue weighted by molar-refractivity contribution is 5.41. The van der Waals surface area contributed by atoms with Crippen molar-refractivity contribution in [2.24, 2.45) is 0 Å². The summed E-state index contributed by atoms with van der Waals surface area (Å²) in [4.78, 5) is 12.3. The molecule has 1 aliphatic rings. The van der Waals surface area contributed by atoms with Gasteiger partial charge in [-0.15, -0.1) is 0 Å². The molecule has 106 valence electrons. The first-order valence-electron chi connectivity index (χ1n) is 6.71. The van der Waals surface area contributed by atoms with Gasteiger partial charge in [0.2, 0.25) is 0 Å². The second kappa shape index (κ2) is 5.35. The summed E-state index contributed by atoms with van der Waals surface area (Å²) in [5, 5.41) is 13.0. The van der Waals surface area contributed by atoms with Crippen molar-refractivity contribution in [3.63, 3.8) is 0 Å². The number of hydrogen-bond acceptors (Lipinski definition) is 4. The minimum absolute atomic E-state index is 0.0808. The third-order valence-corrected chi connectivity index (χ3v) is 3.25. The van der Waals surface area contributed by atoms with Crippen molar-refractivity contribution in [2.45, 2.75) is 51.5 Å². The van der Waals surface area contributed by atoms with E-state index in [-0.39, 0.29) is 24.4 Å². The number of aliphatic hydroxyl groups is 1. The van der Waals surface area contributed by atoms with Crippen LogP contribution in [-0.4, -0.2) is 27.9 Å². The Balaban J connectivity index is 2.19. The first-order valence-corrected chi connectivity index (χ1v) is 6.71. The zero-order chi connectivity index (χ0) is 14.0. The van der Waals surface area contributed by atoms with E-state index in [0.717, 1.165) is 0 Å². The Morgan fingerprint density at radius 1 is 1.58 bits per heavy atom. The third kappa shape index (κ3) is 3.36. The van der Waals surface area contributed by atoms with Gasteiger partial charge in [-0.1, -0.05) is 0 Å². The standard InChI is InChI=1S/C14H22N2O3/c1-10(2)15-11-5-4-8-16(13(11)17)12-6-7-14(3,18)9-19-12/h4-5,8,10,12,15,18H,6-7,9H2,1-3H3/t12-,14+/m1/s1. The molecule has 1 fully saturated rings. The van der Waals surface area contributed by atoms with Crippen LogP contribution < -0.4 is 10.9 Å². The van der Waals surface area contributed by atoms with Crippen LogP contribution in [0, 0.1) is 0 Å². The van der Waals surface area contributed by atoms with Crippen molar-refractivity contribution in [3.8, 4) is 0 Å². The predicted molar refractivity (Wildman–Crippen MR) is 74.3 cm³/mol. The third-order valence-electron chi connectivity index (χ3n) is 3.25. The van der Waals surface area contributed by atoms with E-state index in [0.29, 0.717) is 18.5 Å². The van der Waals surface area contributed by atoms with Gasteiger partial charge in [0.15, 0.2) is 0 Å². The Labute approximate surface area is 113 Å². The van der Waals surface area contributed by atoms with Gasteiger partial charge in [-0.25, -0.2) is 0 Å². The lowest BCUT2D eigenvalue weighted by molar-refractivity contribution is -0.135. The maximum Gasteiger partial charge on any atom is 0.275 e. The van der Waals surface area contributed by atoms with Gasteiger partial charge < -0.3 is 15.2 Å². The van der Waals surface area contributed by atoms with E-state index in [2.05, 4.69) is 5.32 Å². The topological polar surface area (TPSA) is 63.5 Å². The predicted octanol–water partition coefficient (Wildman–Crippen LogP) is 1.73. The van der Waals surface area contributed by atoms with Crippen LogP contribution in [0.1, 0.15) is 39.8 Å². The van der Waals surface area contributed by atoms with E-state index in [1.807, 2.05) is 19.9 Å². The molecule has 1 aromatic heterocycles. The zero-order valence-corrected chi connectivity index (χ0v) is 11.7. The van der Waals surface area contributed by atoms with Crippen molar-refractivity contribution in [2.75, 3.05) is 11.9 Å². The van der Waals surface area contributed by atoms with Crippen molar-refractivity contribution < 1.29 is 9.84 Å². The summed E-state index contributed by atoms with van der Waals surface area (Å²) in [6.07, 6.45) is 2.71. The molecule has 1 aliphatic heterocycles. The second-order valence-corrected chi connectivity index (χ2v) is 5.73. The molecule has 0 saturated carbocycles. The van der Waals surface area contributed by atoms with E-state index < -0.39 is 5.60 Å². The normalized spacial score (nSPS) is 27.5. The quantitative estimate of drug-likeness (QED) is 0.874. The molecule has 2 heterocycles. The minimum atomic E-state index is -0.784. The smallest absolute Gasteiger partial charge is 0.275 e. The van der Waals surface area contributed by atoms with E-state index in [1.54, 1.807) is 23.8 Å². The molecule has 0 amide bonds. The fourth-order valence-electron chi connectivity index (χ4n) is 2.24. The summed E-state index contributed by atoms with van der Waals surface area (Å²) in [6.45, 7) is 5.99. The van der Waals surface area contributed by atoms with E-state index in [9.17, 15) is 9.90 Å². The zero-order valence-electron chi connectivity index (χ0n) is 11.7. The summed E-state index contributed by atoms with van der Waals surface area (Å²) < 4.78 is 7.20. The van der Waals surface area contributed by atoms with E-state index in [1.165, 1.54) is 0 Å². The molecule has 2 N–H and O–H groups in total. The van der Waals surface area contributed by atoms with Gasteiger partial charge >= 0.3 is 0 Å². The molecule has 2 atom stereocenters. The summed E-state index contributed by atoms with van der Waals surface area (Å²) >= 11 is 0. The number of anilines is 1. The van der Waals surface area contributed by atoms with Crippen LogP contribution in [0.3, 0.4) is 0 Å². The number of hydrogen-bond donors (Lipinski definition) is 2. The molecule has 1 aromatic rings. The fourth-order valence-corrected chi connectivity index (χ4v) is 2.24. The molecular weight excluding hydrogens is 244 g/mol. The molecule has 0 unspecified atom stereocenters. The summed E-state index contributed by atoms with van der Waals surface area (Å²) in [6, 6.07) is 3.82. The Bertz CT molecular complexity index is 484. The Hall–Kier alpha value is -1.33. The van der Waals surface area contributed by atoms with Gasteiger partial charge in [0.1, 0.15) is 11.9 Å². The number of nitrogens with one attached hydrogen (secondary N) is 1. The maximum atomic E-state index is 12.3. The molecule has 0 aromatic carbocycles. The summed E-state index contributed by atoms with van der Waals surface area (Å²) in [7, 11) is 0. The number of aromatic nitrogens is 1. The van der Waals surface area contributed by atoms with Crippen molar-refractivity contribution in [1.29, 1.82) is 0 Å². The van der Waals surface area contributed by atoms with Gasteiger partial charge in [-0.05, 0) is 45.7 Å². The SMILES string of the molecule is CC(C)Nc1cccn([C@H]2CC[C@](C)(O)CO2)c1=O. The van der Waals surface area contributed by atoms with Crippen LogP contribution in [0.25, 0.3) is 0 Å².